The molecule has 5 nitrogen and oxygen atoms in total. The lowest BCUT2D eigenvalue weighted by Gasteiger charge is -1.91. The third-order valence-electron chi connectivity index (χ3n) is 1.03. The third kappa shape index (κ3) is 2.17. The molecule has 0 amide bonds. The number of nitrogens with zero attached hydrogens (tertiary/aromatic N) is 1. The predicted octanol–water partition coefficient (Wildman–Crippen LogP) is -0.315. The van der Waals surface area contributed by atoms with Gasteiger partial charge in [-0.25, -0.2) is 9.78 Å². The molecule has 0 aliphatic heterocycles. The van der Waals surface area contributed by atoms with Gasteiger partial charge < -0.3 is 10.6 Å². The van der Waals surface area contributed by atoms with Crippen molar-refractivity contribution >= 4 is 22.4 Å². The Labute approximate surface area is 66.9 Å². The van der Waals surface area contributed by atoms with Crippen molar-refractivity contribution in [2.24, 2.45) is 5.90 Å². The molecule has 0 bridgehead atoms. The SMILES string of the molecule is NOC(=O)Cc1csc(N)n1. The van der Waals surface area contributed by atoms with Crippen LogP contribution in [0.1, 0.15) is 5.69 Å². The molecule has 6 heteroatoms. The summed E-state index contributed by atoms with van der Waals surface area (Å²) in [6, 6.07) is 0. The van der Waals surface area contributed by atoms with E-state index in [0.29, 0.717) is 10.8 Å². The number of carbonyl (C=O) groups excluding carboxylic acids is 1. The zero-order valence-corrected chi connectivity index (χ0v) is 6.43. The molecular formula is C5H7N3O2S. The van der Waals surface area contributed by atoms with Crippen LogP contribution in [0.5, 0.6) is 0 Å². The Morgan fingerprint density at radius 2 is 2.55 bits per heavy atom. The summed E-state index contributed by atoms with van der Waals surface area (Å²) in [4.78, 5) is 18.4. The second-order valence-corrected chi connectivity index (χ2v) is 2.73. The monoisotopic (exact) mass is 173 g/mol. The van der Waals surface area contributed by atoms with Crippen LogP contribution in [-0.4, -0.2) is 11.0 Å². The zero-order chi connectivity index (χ0) is 8.27. The number of anilines is 1. The van der Waals surface area contributed by atoms with Gasteiger partial charge in [0.25, 0.3) is 0 Å². The highest BCUT2D eigenvalue weighted by Gasteiger charge is 2.05. The topological polar surface area (TPSA) is 91.2 Å². The number of rotatable bonds is 2. The average molecular weight is 173 g/mol. The lowest BCUT2D eigenvalue weighted by molar-refractivity contribution is -0.143. The maximum Gasteiger partial charge on any atom is 0.330 e. The number of carbonyl (C=O) groups is 1. The van der Waals surface area contributed by atoms with Crippen LogP contribution < -0.4 is 11.6 Å². The first-order chi connectivity index (χ1) is 5.22. The average Bonchev–Trinajstić information content (AvgIpc) is 2.35. The van der Waals surface area contributed by atoms with E-state index in [1.165, 1.54) is 11.3 Å². The third-order valence-corrected chi connectivity index (χ3v) is 1.75. The summed E-state index contributed by atoms with van der Waals surface area (Å²) >= 11 is 1.27. The van der Waals surface area contributed by atoms with Gasteiger partial charge in [0.05, 0.1) is 12.1 Å². The molecule has 0 radical (unpaired) electrons. The summed E-state index contributed by atoms with van der Waals surface area (Å²) in [6.45, 7) is 0. The minimum atomic E-state index is -0.518. The van der Waals surface area contributed by atoms with E-state index in [2.05, 4.69) is 15.7 Å². The molecule has 1 aromatic heterocycles. The van der Waals surface area contributed by atoms with Gasteiger partial charge in [-0.2, -0.15) is 5.90 Å². The molecule has 0 atom stereocenters. The van der Waals surface area contributed by atoms with Gasteiger partial charge in [-0.15, -0.1) is 11.3 Å². The number of aromatic nitrogens is 1. The molecule has 1 rings (SSSR count). The predicted molar refractivity (Wildman–Crippen MR) is 40.5 cm³/mol. The van der Waals surface area contributed by atoms with E-state index in [1.54, 1.807) is 5.38 Å². The summed E-state index contributed by atoms with van der Waals surface area (Å²) in [5, 5.41) is 2.12. The van der Waals surface area contributed by atoms with Crippen LogP contribution in [0.15, 0.2) is 5.38 Å². The van der Waals surface area contributed by atoms with Gasteiger partial charge in [0.2, 0.25) is 0 Å². The minimum absolute atomic E-state index is 0.0736. The Kier molecular flexibility index (Phi) is 2.40. The lowest BCUT2D eigenvalue weighted by Crippen LogP contribution is -2.12. The fourth-order valence-corrected chi connectivity index (χ4v) is 1.16. The van der Waals surface area contributed by atoms with Crippen LogP contribution in [0, 0.1) is 0 Å². The van der Waals surface area contributed by atoms with Gasteiger partial charge in [0.15, 0.2) is 5.13 Å². The fourth-order valence-electron chi connectivity index (χ4n) is 0.593. The second-order valence-electron chi connectivity index (χ2n) is 1.84. The van der Waals surface area contributed by atoms with E-state index in [-0.39, 0.29) is 6.42 Å². The summed E-state index contributed by atoms with van der Waals surface area (Å²) in [5.74, 6) is 4.10. The quantitative estimate of drug-likeness (QED) is 0.598. The van der Waals surface area contributed by atoms with E-state index in [1.807, 2.05) is 0 Å². The number of nitrogens with two attached hydrogens (primary N) is 2. The van der Waals surface area contributed by atoms with Gasteiger partial charge >= 0.3 is 5.97 Å². The van der Waals surface area contributed by atoms with Crippen molar-refractivity contribution in [2.45, 2.75) is 6.42 Å². The number of nitrogen functional groups attached to an aromatic ring is 1. The van der Waals surface area contributed by atoms with Crippen LogP contribution in [0.4, 0.5) is 5.13 Å². The molecule has 0 saturated heterocycles. The first-order valence-corrected chi connectivity index (χ1v) is 3.70. The van der Waals surface area contributed by atoms with Crippen LogP contribution in [0.3, 0.4) is 0 Å². The van der Waals surface area contributed by atoms with Crippen LogP contribution in [0.25, 0.3) is 0 Å². The van der Waals surface area contributed by atoms with Crippen molar-refractivity contribution in [1.29, 1.82) is 0 Å². The summed E-state index contributed by atoms with van der Waals surface area (Å²) < 4.78 is 0. The standard InChI is InChI=1S/C5H7N3O2S/c6-5-8-3(2-11-5)1-4(9)10-7/h2H,1,7H2,(H2,6,8). The van der Waals surface area contributed by atoms with Crippen LogP contribution in [-0.2, 0) is 16.1 Å². The van der Waals surface area contributed by atoms with E-state index >= 15 is 0 Å². The van der Waals surface area contributed by atoms with Gasteiger partial charge in [-0.3, -0.25) is 0 Å². The van der Waals surface area contributed by atoms with Crippen LogP contribution in [0.2, 0.25) is 0 Å². The summed E-state index contributed by atoms with van der Waals surface area (Å²) in [5.41, 5.74) is 5.91. The molecule has 0 aliphatic carbocycles. The zero-order valence-electron chi connectivity index (χ0n) is 5.61. The second kappa shape index (κ2) is 3.31. The molecule has 0 aliphatic rings. The molecule has 0 spiro atoms. The molecule has 0 saturated carbocycles. The Bertz CT molecular complexity index is 260. The van der Waals surface area contributed by atoms with Crippen molar-refractivity contribution in [3.05, 3.63) is 11.1 Å². The van der Waals surface area contributed by atoms with E-state index in [0.717, 1.165) is 0 Å². The summed E-state index contributed by atoms with van der Waals surface area (Å²) in [7, 11) is 0. The van der Waals surface area contributed by atoms with Crippen LogP contribution >= 0.6 is 11.3 Å². The Morgan fingerprint density at radius 1 is 1.82 bits per heavy atom. The molecule has 0 aromatic carbocycles. The van der Waals surface area contributed by atoms with E-state index < -0.39 is 5.97 Å². The highest BCUT2D eigenvalue weighted by atomic mass is 32.1. The maximum absolute atomic E-state index is 10.6. The Hall–Kier alpha value is -1.14. The molecule has 0 unspecified atom stereocenters. The molecular weight excluding hydrogens is 166 g/mol. The molecule has 1 heterocycles. The molecule has 0 fully saturated rings. The van der Waals surface area contributed by atoms with Crippen molar-refractivity contribution in [3.8, 4) is 0 Å². The van der Waals surface area contributed by atoms with Gasteiger partial charge in [-0.1, -0.05) is 0 Å². The van der Waals surface area contributed by atoms with Crippen molar-refractivity contribution in [3.63, 3.8) is 0 Å². The Balaban J connectivity index is 2.57. The van der Waals surface area contributed by atoms with Gasteiger partial charge in [0, 0.05) is 5.38 Å². The Morgan fingerprint density at radius 3 is 3.00 bits per heavy atom. The number of hydrogen-bond acceptors (Lipinski definition) is 6. The molecule has 1 aromatic rings. The highest BCUT2D eigenvalue weighted by molar-refractivity contribution is 7.13. The van der Waals surface area contributed by atoms with Crippen molar-refractivity contribution in [1.82, 2.24) is 4.98 Å². The first-order valence-electron chi connectivity index (χ1n) is 2.82. The maximum atomic E-state index is 10.6. The largest absolute Gasteiger partial charge is 0.375 e. The lowest BCUT2D eigenvalue weighted by atomic mass is 10.3. The molecule has 11 heavy (non-hydrogen) atoms. The van der Waals surface area contributed by atoms with E-state index in [4.69, 9.17) is 5.73 Å². The van der Waals surface area contributed by atoms with Gasteiger partial charge in [-0.05, 0) is 0 Å². The molecule has 4 N–H and O–H groups in total. The number of thiazole rings is 1. The fraction of sp³-hybridized carbons (Fsp3) is 0.200. The van der Waals surface area contributed by atoms with Crippen molar-refractivity contribution in [2.75, 3.05) is 5.73 Å². The van der Waals surface area contributed by atoms with Gasteiger partial charge in [0.1, 0.15) is 0 Å². The molecule has 60 valence electrons. The van der Waals surface area contributed by atoms with Crippen molar-refractivity contribution < 1.29 is 9.63 Å². The number of hydrogen-bond donors (Lipinski definition) is 2. The normalized spacial score (nSPS) is 9.55. The first kappa shape index (κ1) is 7.96. The highest BCUT2D eigenvalue weighted by Crippen LogP contribution is 2.11. The summed E-state index contributed by atoms with van der Waals surface area (Å²) in [6.07, 6.45) is 0.0736. The minimum Gasteiger partial charge on any atom is -0.375 e. The van der Waals surface area contributed by atoms with E-state index in [9.17, 15) is 4.79 Å². The smallest absolute Gasteiger partial charge is 0.330 e.